The van der Waals surface area contributed by atoms with Crippen LogP contribution in [0.1, 0.15) is 11.4 Å². The van der Waals surface area contributed by atoms with Crippen LogP contribution in [-0.4, -0.2) is 43.2 Å². The van der Waals surface area contributed by atoms with Crippen LogP contribution in [-0.2, 0) is 16.2 Å². The second-order valence-corrected chi connectivity index (χ2v) is 9.03. The Labute approximate surface area is 214 Å². The number of rotatable bonds is 7. The van der Waals surface area contributed by atoms with Crippen LogP contribution in [0.2, 0.25) is 0 Å². The molecule has 3 aromatic carbocycles. The molecule has 0 bridgehead atoms. The average Bonchev–Trinajstić information content (AvgIpc) is 3.15. The number of para-hydroxylation sites is 2. The van der Waals surface area contributed by atoms with E-state index in [1.807, 2.05) is 36.4 Å². The van der Waals surface area contributed by atoms with Gasteiger partial charge in [-0.3, -0.25) is 28.6 Å². The van der Waals surface area contributed by atoms with Crippen molar-refractivity contribution in [3.05, 3.63) is 106 Å². The minimum absolute atomic E-state index is 0.0302. The smallest absolute Gasteiger partial charge is 0.323 e. The topological polar surface area (TPSA) is 119 Å². The van der Waals surface area contributed by atoms with Crippen molar-refractivity contribution in [3.63, 3.8) is 0 Å². The lowest BCUT2D eigenvalue weighted by Gasteiger charge is -2.14. The first-order valence-electron chi connectivity index (χ1n) is 11.2. The number of hydrogen-bond donors (Lipinski definition) is 1. The molecule has 0 unspecified atom stereocenters. The Morgan fingerprint density at radius 2 is 1.65 bits per heavy atom. The molecule has 10 heteroatoms. The van der Waals surface area contributed by atoms with Crippen LogP contribution in [0.3, 0.4) is 0 Å². The monoisotopic (exact) mass is 513 g/mol. The lowest BCUT2D eigenvalue weighted by Crippen LogP contribution is -2.33. The highest BCUT2D eigenvalue weighted by Crippen LogP contribution is 2.32. The minimum atomic E-state index is -1.26. The molecule has 9 nitrogen and oxygen atoms in total. The summed E-state index contributed by atoms with van der Waals surface area (Å²) in [6, 6.07) is 23.2. The van der Waals surface area contributed by atoms with Gasteiger partial charge in [-0.05, 0) is 59.8 Å². The van der Waals surface area contributed by atoms with Gasteiger partial charge in [-0.25, -0.2) is 4.98 Å². The van der Waals surface area contributed by atoms with Crippen molar-refractivity contribution in [1.82, 2.24) is 14.5 Å². The number of fused-ring (bicyclic) bond motifs is 1. The summed E-state index contributed by atoms with van der Waals surface area (Å²) in [5.74, 6) is -0.952. The van der Waals surface area contributed by atoms with E-state index in [9.17, 15) is 19.2 Å². The van der Waals surface area contributed by atoms with Gasteiger partial charge >= 0.3 is 5.97 Å². The molecule has 1 aliphatic rings. The number of carbonyl (C=O) groups is 3. The zero-order chi connectivity index (χ0) is 25.9. The van der Waals surface area contributed by atoms with E-state index < -0.39 is 23.7 Å². The molecule has 5 rings (SSSR count). The van der Waals surface area contributed by atoms with Crippen LogP contribution in [0.5, 0.6) is 5.75 Å². The van der Waals surface area contributed by atoms with Gasteiger partial charge < -0.3 is 9.84 Å². The lowest BCUT2D eigenvalue weighted by molar-refractivity contribution is -0.140. The van der Waals surface area contributed by atoms with Gasteiger partial charge in [-0.15, -0.1) is 0 Å². The van der Waals surface area contributed by atoms with Gasteiger partial charge in [0.1, 0.15) is 18.9 Å². The van der Waals surface area contributed by atoms with E-state index in [-0.39, 0.29) is 17.1 Å². The number of nitrogens with zero attached hydrogens (tertiary/aromatic N) is 3. The maximum atomic E-state index is 13.3. The van der Waals surface area contributed by atoms with Crippen molar-refractivity contribution in [3.8, 4) is 11.4 Å². The van der Waals surface area contributed by atoms with Crippen molar-refractivity contribution in [1.29, 1.82) is 0 Å². The Hall–Kier alpha value is -4.70. The molecule has 1 saturated heterocycles. The van der Waals surface area contributed by atoms with Gasteiger partial charge in [0, 0.05) is 0 Å². The summed E-state index contributed by atoms with van der Waals surface area (Å²) in [7, 11) is 0. The van der Waals surface area contributed by atoms with Crippen molar-refractivity contribution >= 4 is 45.9 Å². The molecule has 0 spiro atoms. The number of amides is 2. The van der Waals surface area contributed by atoms with Crippen molar-refractivity contribution in [2.45, 2.75) is 6.61 Å². The summed E-state index contributed by atoms with van der Waals surface area (Å²) >= 11 is 0.695. The second kappa shape index (κ2) is 10.1. The summed E-state index contributed by atoms with van der Waals surface area (Å²) in [5.41, 5.74) is 1.70. The largest absolute Gasteiger partial charge is 0.486 e. The van der Waals surface area contributed by atoms with Crippen molar-refractivity contribution < 1.29 is 24.2 Å². The first-order chi connectivity index (χ1) is 17.9. The van der Waals surface area contributed by atoms with E-state index in [2.05, 4.69) is 4.98 Å². The fourth-order valence-electron chi connectivity index (χ4n) is 3.85. The Morgan fingerprint density at radius 3 is 2.38 bits per heavy atom. The average molecular weight is 514 g/mol. The fourth-order valence-corrected chi connectivity index (χ4v) is 4.69. The third-order valence-corrected chi connectivity index (χ3v) is 6.48. The van der Waals surface area contributed by atoms with Crippen LogP contribution >= 0.6 is 11.8 Å². The standard InChI is InChI=1S/C27H19N3O6S/c31-24(32)15-29-26(34)22(37-27(29)35)14-17-10-12-19(13-11-17)36-16-23-28-21-9-5-4-8-20(21)25(33)30(23)18-6-2-1-3-7-18/h1-14H,15-16H2,(H,31,32)/b22-14+. The molecule has 2 amide bonds. The number of benzene rings is 3. The third kappa shape index (κ3) is 5.00. The summed E-state index contributed by atoms with van der Waals surface area (Å²) < 4.78 is 7.47. The molecule has 1 aliphatic heterocycles. The summed E-state index contributed by atoms with van der Waals surface area (Å²) in [6.45, 7) is -0.645. The summed E-state index contributed by atoms with van der Waals surface area (Å²) in [4.78, 5) is 54.0. The van der Waals surface area contributed by atoms with Gasteiger partial charge in [0.15, 0.2) is 5.82 Å². The fraction of sp³-hybridized carbons (Fsp3) is 0.0741. The molecule has 1 N–H and O–H groups in total. The van der Waals surface area contributed by atoms with E-state index in [1.54, 1.807) is 42.5 Å². The molecule has 0 atom stereocenters. The Kier molecular flexibility index (Phi) is 6.57. The highest BCUT2D eigenvalue weighted by Gasteiger charge is 2.36. The molecule has 4 aromatic rings. The van der Waals surface area contributed by atoms with Gasteiger partial charge in [-0.1, -0.05) is 42.5 Å². The summed E-state index contributed by atoms with van der Waals surface area (Å²) in [6.07, 6.45) is 1.52. The minimum Gasteiger partial charge on any atom is -0.486 e. The Bertz CT molecular complexity index is 1610. The number of aromatic nitrogens is 2. The number of carbonyl (C=O) groups excluding carboxylic acids is 2. The number of thioether (sulfide) groups is 1. The molecule has 37 heavy (non-hydrogen) atoms. The third-order valence-electron chi connectivity index (χ3n) is 5.57. The first-order valence-corrected chi connectivity index (χ1v) is 12.0. The molecule has 0 aliphatic carbocycles. The van der Waals surface area contributed by atoms with Crippen LogP contribution in [0, 0.1) is 0 Å². The van der Waals surface area contributed by atoms with Crippen LogP contribution in [0.15, 0.2) is 88.6 Å². The number of ether oxygens (including phenoxy) is 1. The Morgan fingerprint density at radius 1 is 0.946 bits per heavy atom. The zero-order valence-electron chi connectivity index (χ0n) is 19.2. The molecule has 1 fully saturated rings. The highest BCUT2D eigenvalue weighted by molar-refractivity contribution is 8.18. The zero-order valence-corrected chi connectivity index (χ0v) is 20.1. The first kappa shape index (κ1) is 24.0. The van der Waals surface area contributed by atoms with Crippen LogP contribution < -0.4 is 10.3 Å². The second-order valence-electron chi connectivity index (χ2n) is 8.04. The maximum absolute atomic E-state index is 13.3. The van der Waals surface area contributed by atoms with Gasteiger partial charge in [0.05, 0.1) is 21.5 Å². The molecule has 0 saturated carbocycles. The van der Waals surface area contributed by atoms with E-state index in [0.717, 1.165) is 0 Å². The quantitative estimate of drug-likeness (QED) is 0.367. The van der Waals surface area contributed by atoms with E-state index >= 15 is 0 Å². The van der Waals surface area contributed by atoms with Crippen molar-refractivity contribution in [2.75, 3.05) is 6.54 Å². The predicted molar refractivity (Wildman–Crippen MR) is 138 cm³/mol. The lowest BCUT2D eigenvalue weighted by atomic mass is 10.2. The van der Waals surface area contributed by atoms with E-state index in [4.69, 9.17) is 9.84 Å². The molecular weight excluding hydrogens is 494 g/mol. The number of aliphatic carboxylic acids is 1. The molecule has 2 heterocycles. The summed E-state index contributed by atoms with van der Waals surface area (Å²) in [5, 5.41) is 8.77. The highest BCUT2D eigenvalue weighted by atomic mass is 32.2. The van der Waals surface area contributed by atoms with Gasteiger partial charge in [0.25, 0.3) is 16.7 Å². The number of hydrogen-bond acceptors (Lipinski definition) is 7. The predicted octanol–water partition coefficient (Wildman–Crippen LogP) is 4.09. The SMILES string of the molecule is O=C(O)CN1C(=O)S/C(=C/c2ccc(OCc3nc4ccccc4c(=O)n3-c3ccccc3)cc2)C1=O. The molecular formula is C27H19N3O6S. The molecule has 0 radical (unpaired) electrons. The molecule has 184 valence electrons. The Balaban J connectivity index is 1.37. The van der Waals surface area contributed by atoms with Gasteiger partial charge in [0.2, 0.25) is 0 Å². The maximum Gasteiger partial charge on any atom is 0.323 e. The van der Waals surface area contributed by atoms with Gasteiger partial charge in [-0.2, -0.15) is 0 Å². The van der Waals surface area contributed by atoms with Crippen molar-refractivity contribution in [2.24, 2.45) is 0 Å². The van der Waals surface area contributed by atoms with Crippen LogP contribution in [0.4, 0.5) is 4.79 Å². The molecule has 1 aromatic heterocycles. The number of imide groups is 1. The van der Waals surface area contributed by atoms with E-state index in [1.165, 1.54) is 10.6 Å². The number of carboxylic acids is 1. The normalized spacial score (nSPS) is 14.5. The van der Waals surface area contributed by atoms with E-state index in [0.29, 0.717) is 50.4 Å². The van der Waals surface area contributed by atoms with Crippen LogP contribution in [0.25, 0.3) is 22.7 Å². The number of carboxylic acid groups (broad SMARTS) is 1.